The fraction of sp³-hybridized carbons (Fsp3) is 0.619. The third kappa shape index (κ3) is 3.86. The van der Waals surface area contributed by atoms with Gasteiger partial charge in [0, 0.05) is 37.2 Å². The molecule has 2 aromatic rings. The Labute approximate surface area is 166 Å². The number of methoxy groups -OCH3 is 2. The molecule has 0 N–H and O–H groups in total. The molecule has 0 bridgehead atoms. The molecule has 1 atom stereocenters. The van der Waals surface area contributed by atoms with E-state index < -0.39 is 0 Å². The zero-order chi connectivity index (χ0) is 19.5. The lowest BCUT2D eigenvalue weighted by Crippen LogP contribution is -2.33. The number of ether oxygens (including phenoxy) is 3. The van der Waals surface area contributed by atoms with Crippen LogP contribution in [0.5, 0.6) is 11.5 Å². The minimum atomic E-state index is 0.433. The maximum Gasteiger partial charge on any atom is 0.162 e. The molecule has 3 heterocycles. The molecule has 0 radical (unpaired) electrons. The zero-order valence-electron chi connectivity index (χ0n) is 17.1. The third-order valence-corrected chi connectivity index (χ3v) is 5.80. The lowest BCUT2D eigenvalue weighted by atomic mass is 10.1. The van der Waals surface area contributed by atoms with Crippen LogP contribution < -0.4 is 14.4 Å². The van der Waals surface area contributed by atoms with Crippen LogP contribution in [0.25, 0.3) is 10.9 Å². The van der Waals surface area contributed by atoms with Gasteiger partial charge in [-0.05, 0) is 38.8 Å². The van der Waals surface area contributed by atoms with E-state index in [4.69, 9.17) is 24.2 Å². The Balaban J connectivity index is 1.75. The molecule has 7 heteroatoms. The highest BCUT2D eigenvalue weighted by Crippen LogP contribution is 2.36. The number of fused-ring (bicyclic) bond motifs is 1. The van der Waals surface area contributed by atoms with Gasteiger partial charge in [-0.25, -0.2) is 9.97 Å². The largest absolute Gasteiger partial charge is 0.493 e. The smallest absolute Gasteiger partial charge is 0.162 e. The lowest BCUT2D eigenvalue weighted by Gasteiger charge is -2.29. The van der Waals surface area contributed by atoms with Crippen molar-refractivity contribution in [2.45, 2.75) is 38.3 Å². The van der Waals surface area contributed by atoms with Gasteiger partial charge in [-0.2, -0.15) is 0 Å². The maximum atomic E-state index is 5.54. The Hall–Kier alpha value is -2.12. The third-order valence-electron chi connectivity index (χ3n) is 5.80. The molecule has 2 aliphatic rings. The van der Waals surface area contributed by atoms with E-state index in [9.17, 15) is 0 Å². The van der Waals surface area contributed by atoms with Crippen molar-refractivity contribution in [2.75, 3.05) is 52.5 Å². The number of hydrogen-bond acceptors (Lipinski definition) is 7. The van der Waals surface area contributed by atoms with Crippen LogP contribution in [0.1, 0.15) is 31.5 Å². The van der Waals surface area contributed by atoms with Crippen molar-refractivity contribution in [2.24, 2.45) is 0 Å². The van der Waals surface area contributed by atoms with Crippen LogP contribution in [0.4, 0.5) is 5.82 Å². The van der Waals surface area contributed by atoms with Crippen molar-refractivity contribution in [3.05, 3.63) is 18.0 Å². The zero-order valence-corrected chi connectivity index (χ0v) is 17.1. The highest BCUT2D eigenvalue weighted by molar-refractivity contribution is 5.92. The van der Waals surface area contributed by atoms with Gasteiger partial charge in [0.05, 0.1) is 32.9 Å². The number of nitrogens with zero attached hydrogens (tertiary/aromatic N) is 4. The lowest BCUT2D eigenvalue weighted by molar-refractivity contribution is 0.155. The monoisotopic (exact) mass is 386 g/mol. The highest BCUT2D eigenvalue weighted by Gasteiger charge is 2.23. The number of anilines is 1. The van der Waals surface area contributed by atoms with E-state index in [0.29, 0.717) is 24.1 Å². The Morgan fingerprint density at radius 3 is 2.54 bits per heavy atom. The standard InChI is InChI=1S/C21H30N4O3/c1-24(15-7-10-28-14-15)13-20-22-17-12-19(27-3)18(26-2)11-16(17)21(23-20)25-8-5-4-6-9-25/h11-12,15H,4-10,13-14H2,1-3H3. The number of aromatic nitrogens is 2. The summed E-state index contributed by atoms with van der Waals surface area (Å²) in [4.78, 5) is 14.6. The minimum Gasteiger partial charge on any atom is -0.493 e. The first-order valence-corrected chi connectivity index (χ1v) is 10.1. The summed E-state index contributed by atoms with van der Waals surface area (Å²) in [6.07, 6.45) is 4.75. The number of benzene rings is 1. The molecule has 0 saturated carbocycles. The van der Waals surface area contributed by atoms with Crippen molar-refractivity contribution >= 4 is 16.7 Å². The fourth-order valence-electron chi connectivity index (χ4n) is 4.13. The molecular formula is C21H30N4O3. The van der Waals surface area contributed by atoms with E-state index in [1.54, 1.807) is 14.2 Å². The van der Waals surface area contributed by atoms with Gasteiger partial charge >= 0.3 is 0 Å². The molecule has 0 aliphatic carbocycles. The Morgan fingerprint density at radius 2 is 1.86 bits per heavy atom. The summed E-state index contributed by atoms with van der Waals surface area (Å²) in [5, 5.41) is 1.02. The topological polar surface area (TPSA) is 60.0 Å². The van der Waals surface area contributed by atoms with Crippen LogP contribution in [-0.4, -0.2) is 68.5 Å². The minimum absolute atomic E-state index is 0.433. The van der Waals surface area contributed by atoms with E-state index in [2.05, 4.69) is 16.8 Å². The highest BCUT2D eigenvalue weighted by atomic mass is 16.5. The van der Waals surface area contributed by atoms with Gasteiger partial charge < -0.3 is 19.1 Å². The van der Waals surface area contributed by atoms with E-state index in [0.717, 1.165) is 55.3 Å². The number of piperidine rings is 1. The summed E-state index contributed by atoms with van der Waals surface area (Å²) in [6, 6.07) is 4.41. The van der Waals surface area contributed by atoms with Gasteiger partial charge in [-0.15, -0.1) is 0 Å². The maximum absolute atomic E-state index is 5.54. The quantitative estimate of drug-likeness (QED) is 0.756. The second-order valence-electron chi connectivity index (χ2n) is 7.67. The Morgan fingerprint density at radius 1 is 1.11 bits per heavy atom. The van der Waals surface area contributed by atoms with Gasteiger partial charge in [-0.1, -0.05) is 0 Å². The first-order chi connectivity index (χ1) is 13.7. The van der Waals surface area contributed by atoms with E-state index in [1.807, 2.05) is 12.1 Å². The van der Waals surface area contributed by atoms with Crippen molar-refractivity contribution in [1.29, 1.82) is 0 Å². The molecule has 7 nitrogen and oxygen atoms in total. The average molecular weight is 386 g/mol. The van der Waals surface area contributed by atoms with Gasteiger partial charge in [-0.3, -0.25) is 4.90 Å². The number of hydrogen-bond donors (Lipinski definition) is 0. The summed E-state index contributed by atoms with van der Waals surface area (Å²) in [7, 11) is 5.45. The molecule has 0 amide bonds. The van der Waals surface area contributed by atoms with Crippen LogP contribution >= 0.6 is 0 Å². The van der Waals surface area contributed by atoms with Crippen LogP contribution in [-0.2, 0) is 11.3 Å². The van der Waals surface area contributed by atoms with E-state index >= 15 is 0 Å². The molecule has 2 saturated heterocycles. The molecule has 2 aliphatic heterocycles. The fourth-order valence-corrected chi connectivity index (χ4v) is 4.13. The summed E-state index contributed by atoms with van der Waals surface area (Å²) in [5.74, 6) is 3.26. The number of likely N-dealkylation sites (N-methyl/N-ethyl adjacent to an activating group) is 1. The predicted octanol–water partition coefficient (Wildman–Crippen LogP) is 2.86. The second kappa shape index (κ2) is 8.49. The first-order valence-electron chi connectivity index (χ1n) is 10.1. The SMILES string of the molecule is COc1cc2nc(CN(C)C3CCOC3)nc(N3CCCCC3)c2cc1OC. The van der Waals surface area contributed by atoms with Crippen LogP contribution in [0, 0.1) is 0 Å². The average Bonchev–Trinajstić information content (AvgIpc) is 3.28. The molecule has 1 unspecified atom stereocenters. The molecule has 152 valence electrons. The van der Waals surface area contributed by atoms with Crippen LogP contribution in [0.2, 0.25) is 0 Å². The summed E-state index contributed by atoms with van der Waals surface area (Å²) >= 11 is 0. The molecule has 2 fully saturated rings. The predicted molar refractivity (Wildman–Crippen MR) is 109 cm³/mol. The molecule has 4 rings (SSSR count). The van der Waals surface area contributed by atoms with Crippen molar-refractivity contribution in [1.82, 2.24) is 14.9 Å². The summed E-state index contributed by atoms with van der Waals surface area (Å²) < 4.78 is 16.6. The van der Waals surface area contributed by atoms with E-state index in [-0.39, 0.29) is 0 Å². The van der Waals surface area contributed by atoms with Crippen LogP contribution in [0.15, 0.2) is 12.1 Å². The van der Waals surface area contributed by atoms with E-state index in [1.165, 1.54) is 19.3 Å². The van der Waals surface area contributed by atoms with Gasteiger partial charge in [0.2, 0.25) is 0 Å². The second-order valence-corrected chi connectivity index (χ2v) is 7.67. The van der Waals surface area contributed by atoms with Crippen molar-refractivity contribution < 1.29 is 14.2 Å². The van der Waals surface area contributed by atoms with Gasteiger partial charge in [0.15, 0.2) is 11.5 Å². The van der Waals surface area contributed by atoms with Crippen molar-refractivity contribution in [3.63, 3.8) is 0 Å². The molecular weight excluding hydrogens is 356 g/mol. The Kier molecular flexibility index (Phi) is 5.82. The molecule has 1 aromatic carbocycles. The van der Waals surface area contributed by atoms with Crippen LogP contribution in [0.3, 0.4) is 0 Å². The van der Waals surface area contributed by atoms with Gasteiger partial charge in [0.1, 0.15) is 11.6 Å². The first kappa shape index (κ1) is 19.2. The summed E-state index contributed by atoms with van der Waals surface area (Å²) in [5.41, 5.74) is 0.902. The molecule has 28 heavy (non-hydrogen) atoms. The molecule has 1 aromatic heterocycles. The van der Waals surface area contributed by atoms with Gasteiger partial charge in [0.25, 0.3) is 0 Å². The Bertz CT molecular complexity index is 817. The van der Waals surface area contributed by atoms with Crippen molar-refractivity contribution in [3.8, 4) is 11.5 Å². The number of rotatable bonds is 6. The summed E-state index contributed by atoms with van der Waals surface area (Å²) in [6.45, 7) is 4.40. The normalized spacial score (nSPS) is 20.1. The molecule has 0 spiro atoms.